The molecule has 0 aliphatic carbocycles. The van der Waals surface area contributed by atoms with Crippen LogP contribution in [-0.4, -0.2) is 16.1 Å². The molecule has 0 spiro atoms. The van der Waals surface area contributed by atoms with Crippen molar-refractivity contribution in [3.8, 4) is 12.3 Å². The predicted molar refractivity (Wildman–Crippen MR) is 53.1 cm³/mol. The van der Waals surface area contributed by atoms with E-state index in [0.29, 0.717) is 0 Å². The number of rotatable bonds is 5. The van der Waals surface area contributed by atoms with Crippen LogP contribution >= 0.6 is 0 Å². The summed E-state index contributed by atoms with van der Waals surface area (Å²) in [5.41, 5.74) is 0. The number of nitrogens with zero attached hydrogens (tertiary/aromatic N) is 2. The van der Waals surface area contributed by atoms with Gasteiger partial charge in [-0.3, -0.25) is 0 Å². The van der Waals surface area contributed by atoms with E-state index < -0.39 is 0 Å². The first-order valence-corrected chi connectivity index (χ1v) is 4.52. The number of imidazole rings is 1. The quantitative estimate of drug-likeness (QED) is 0.537. The third kappa shape index (κ3) is 2.92. The second-order valence-electron chi connectivity index (χ2n) is 2.76. The lowest BCUT2D eigenvalue weighted by atomic mass is 10.4. The van der Waals surface area contributed by atoms with Gasteiger partial charge < -0.3 is 9.88 Å². The van der Waals surface area contributed by atoms with Crippen LogP contribution in [0.15, 0.2) is 12.4 Å². The summed E-state index contributed by atoms with van der Waals surface area (Å²) in [5, 5.41) is 3.24. The van der Waals surface area contributed by atoms with Gasteiger partial charge in [0.15, 0.2) is 0 Å². The van der Waals surface area contributed by atoms with Gasteiger partial charge >= 0.3 is 0 Å². The van der Waals surface area contributed by atoms with E-state index in [2.05, 4.69) is 27.7 Å². The van der Waals surface area contributed by atoms with E-state index in [1.165, 1.54) is 0 Å². The molecular weight excluding hydrogens is 162 g/mol. The standard InChI is InChI=1S/C10H15N3/c1-3-5-6-11-9-10-12-7-8-13(10)4-2/h1,7-8,11H,4-6,9H2,2H3. The van der Waals surface area contributed by atoms with Gasteiger partial charge in [-0.2, -0.15) is 0 Å². The van der Waals surface area contributed by atoms with Crippen molar-refractivity contribution < 1.29 is 0 Å². The van der Waals surface area contributed by atoms with Crippen LogP contribution in [0.3, 0.4) is 0 Å². The molecule has 1 N–H and O–H groups in total. The maximum atomic E-state index is 5.13. The number of hydrogen-bond donors (Lipinski definition) is 1. The molecule has 1 aromatic rings. The number of aromatic nitrogens is 2. The van der Waals surface area contributed by atoms with Crippen molar-refractivity contribution >= 4 is 0 Å². The monoisotopic (exact) mass is 177 g/mol. The Hall–Kier alpha value is -1.27. The van der Waals surface area contributed by atoms with E-state index in [4.69, 9.17) is 6.42 Å². The Morgan fingerprint density at radius 3 is 3.23 bits per heavy atom. The minimum atomic E-state index is 0.771. The van der Waals surface area contributed by atoms with Crippen molar-refractivity contribution in [1.82, 2.24) is 14.9 Å². The van der Waals surface area contributed by atoms with Crippen LogP contribution in [0.2, 0.25) is 0 Å². The molecule has 0 bridgehead atoms. The van der Waals surface area contributed by atoms with Crippen LogP contribution in [0.4, 0.5) is 0 Å². The normalized spacial score (nSPS) is 9.85. The second kappa shape index (κ2) is 5.39. The van der Waals surface area contributed by atoms with Crippen LogP contribution in [0, 0.1) is 12.3 Å². The first-order valence-electron chi connectivity index (χ1n) is 4.52. The van der Waals surface area contributed by atoms with Gasteiger partial charge in [-0.1, -0.05) is 0 Å². The molecular formula is C10H15N3. The van der Waals surface area contributed by atoms with Gasteiger partial charge in [-0.15, -0.1) is 12.3 Å². The fraction of sp³-hybridized carbons (Fsp3) is 0.500. The van der Waals surface area contributed by atoms with Crippen molar-refractivity contribution in [2.45, 2.75) is 26.4 Å². The Balaban J connectivity index is 2.32. The number of hydrogen-bond acceptors (Lipinski definition) is 2. The highest BCUT2D eigenvalue weighted by atomic mass is 15.1. The molecule has 0 fully saturated rings. The Morgan fingerprint density at radius 2 is 2.54 bits per heavy atom. The Labute approximate surface area is 79.2 Å². The Morgan fingerprint density at radius 1 is 1.69 bits per heavy atom. The first-order chi connectivity index (χ1) is 6.38. The van der Waals surface area contributed by atoms with Crippen LogP contribution in [0.25, 0.3) is 0 Å². The minimum absolute atomic E-state index is 0.771. The highest BCUT2D eigenvalue weighted by molar-refractivity contribution is 4.92. The van der Waals surface area contributed by atoms with Crippen molar-refractivity contribution in [1.29, 1.82) is 0 Å². The number of nitrogens with one attached hydrogen (secondary N) is 1. The molecule has 3 heteroatoms. The lowest BCUT2D eigenvalue weighted by Gasteiger charge is -2.04. The number of terminal acetylenes is 1. The molecule has 0 aliphatic heterocycles. The van der Waals surface area contributed by atoms with E-state index in [-0.39, 0.29) is 0 Å². The zero-order valence-electron chi connectivity index (χ0n) is 7.95. The maximum Gasteiger partial charge on any atom is 0.122 e. The third-order valence-electron chi connectivity index (χ3n) is 1.87. The molecule has 3 nitrogen and oxygen atoms in total. The van der Waals surface area contributed by atoms with Crippen LogP contribution in [0.1, 0.15) is 19.2 Å². The molecule has 0 amide bonds. The van der Waals surface area contributed by atoms with E-state index in [1.54, 1.807) is 0 Å². The first kappa shape index (κ1) is 9.82. The van der Waals surface area contributed by atoms with E-state index >= 15 is 0 Å². The molecule has 0 saturated carbocycles. The Kier molecular flexibility index (Phi) is 4.07. The molecule has 1 aromatic heterocycles. The van der Waals surface area contributed by atoms with Crippen LogP contribution in [0.5, 0.6) is 0 Å². The molecule has 0 aliphatic rings. The highest BCUT2D eigenvalue weighted by Gasteiger charge is 1.98. The average Bonchev–Trinajstić information content (AvgIpc) is 2.60. The minimum Gasteiger partial charge on any atom is -0.334 e. The van der Waals surface area contributed by atoms with Crippen molar-refractivity contribution in [3.63, 3.8) is 0 Å². The SMILES string of the molecule is C#CCCNCc1nccn1CC. The summed E-state index contributed by atoms with van der Waals surface area (Å²) >= 11 is 0. The van der Waals surface area contributed by atoms with Gasteiger partial charge in [0.25, 0.3) is 0 Å². The fourth-order valence-electron chi connectivity index (χ4n) is 1.16. The topological polar surface area (TPSA) is 29.9 Å². The van der Waals surface area contributed by atoms with Gasteiger partial charge in [-0.05, 0) is 6.92 Å². The van der Waals surface area contributed by atoms with Crippen LogP contribution in [-0.2, 0) is 13.1 Å². The molecule has 70 valence electrons. The van der Waals surface area contributed by atoms with E-state index in [1.807, 2.05) is 12.4 Å². The summed E-state index contributed by atoms with van der Waals surface area (Å²) in [7, 11) is 0. The lowest BCUT2D eigenvalue weighted by molar-refractivity contribution is 0.619. The number of aryl methyl sites for hydroxylation is 1. The molecule has 1 rings (SSSR count). The average molecular weight is 177 g/mol. The summed E-state index contributed by atoms with van der Waals surface area (Å²) in [5.74, 6) is 3.66. The van der Waals surface area contributed by atoms with Gasteiger partial charge in [0.05, 0.1) is 6.54 Å². The molecule has 0 atom stereocenters. The van der Waals surface area contributed by atoms with Crippen LogP contribution < -0.4 is 5.32 Å². The van der Waals surface area contributed by atoms with E-state index in [9.17, 15) is 0 Å². The molecule has 13 heavy (non-hydrogen) atoms. The maximum absolute atomic E-state index is 5.13. The molecule has 0 unspecified atom stereocenters. The molecule has 0 aromatic carbocycles. The van der Waals surface area contributed by atoms with Crippen molar-refractivity contribution in [2.75, 3.05) is 6.54 Å². The molecule has 0 radical (unpaired) electrons. The molecule has 0 saturated heterocycles. The Bertz CT molecular complexity index is 283. The zero-order chi connectivity index (χ0) is 9.52. The predicted octanol–water partition coefficient (Wildman–Crippen LogP) is 1.02. The van der Waals surface area contributed by atoms with Crippen molar-refractivity contribution in [2.24, 2.45) is 0 Å². The summed E-state index contributed by atoms with van der Waals surface area (Å²) in [6, 6.07) is 0. The summed E-state index contributed by atoms with van der Waals surface area (Å²) in [6.07, 6.45) is 9.71. The van der Waals surface area contributed by atoms with Gasteiger partial charge in [0.1, 0.15) is 5.82 Å². The van der Waals surface area contributed by atoms with E-state index in [0.717, 1.165) is 31.9 Å². The summed E-state index contributed by atoms with van der Waals surface area (Å²) in [6.45, 7) is 4.72. The third-order valence-corrected chi connectivity index (χ3v) is 1.87. The lowest BCUT2D eigenvalue weighted by Crippen LogP contribution is -2.17. The summed E-state index contributed by atoms with van der Waals surface area (Å²) < 4.78 is 2.11. The second-order valence-corrected chi connectivity index (χ2v) is 2.76. The van der Waals surface area contributed by atoms with Gasteiger partial charge in [-0.25, -0.2) is 4.98 Å². The fourth-order valence-corrected chi connectivity index (χ4v) is 1.16. The zero-order valence-corrected chi connectivity index (χ0v) is 7.95. The van der Waals surface area contributed by atoms with Crippen molar-refractivity contribution in [3.05, 3.63) is 18.2 Å². The summed E-state index contributed by atoms with van der Waals surface area (Å²) in [4.78, 5) is 4.23. The van der Waals surface area contributed by atoms with Gasteiger partial charge in [0, 0.05) is 31.9 Å². The highest BCUT2D eigenvalue weighted by Crippen LogP contribution is 1.96. The molecule has 1 heterocycles. The smallest absolute Gasteiger partial charge is 0.122 e. The van der Waals surface area contributed by atoms with Gasteiger partial charge in [0.2, 0.25) is 0 Å². The largest absolute Gasteiger partial charge is 0.334 e.